The van der Waals surface area contributed by atoms with Gasteiger partial charge in [0.05, 0.1) is 12.2 Å². The Kier molecular flexibility index (Phi) is 2.66. The van der Waals surface area contributed by atoms with Gasteiger partial charge in [-0.3, -0.25) is 0 Å². The number of hydrogen-bond acceptors (Lipinski definition) is 4. The lowest BCUT2D eigenvalue weighted by Gasteiger charge is -2.27. The average Bonchev–Trinajstić information content (AvgIpc) is 2.95. The minimum absolute atomic E-state index is 0.130. The lowest BCUT2D eigenvalue weighted by atomic mass is 10.1. The van der Waals surface area contributed by atoms with Gasteiger partial charge < -0.3 is 19.5 Å². The van der Waals surface area contributed by atoms with Crippen molar-refractivity contribution in [3.05, 3.63) is 48.0 Å². The lowest BCUT2D eigenvalue weighted by molar-refractivity contribution is 0.174. The van der Waals surface area contributed by atoms with E-state index in [2.05, 4.69) is 11.4 Å². The molecule has 0 spiro atoms. The molecular formula is C16H15NO3. The monoisotopic (exact) mass is 269 g/mol. The van der Waals surface area contributed by atoms with Gasteiger partial charge in [0, 0.05) is 6.42 Å². The second kappa shape index (κ2) is 4.63. The van der Waals surface area contributed by atoms with Crippen LogP contribution >= 0.6 is 0 Å². The predicted molar refractivity (Wildman–Crippen MR) is 75.6 cm³/mol. The van der Waals surface area contributed by atoms with Gasteiger partial charge in [-0.1, -0.05) is 18.2 Å². The Morgan fingerprint density at radius 1 is 1.00 bits per heavy atom. The topological polar surface area (TPSA) is 39.7 Å². The van der Waals surface area contributed by atoms with E-state index in [-0.39, 0.29) is 6.10 Å². The smallest absolute Gasteiger partial charge is 0.231 e. The molecule has 4 rings (SSSR count). The van der Waals surface area contributed by atoms with Crippen LogP contribution in [-0.4, -0.2) is 19.4 Å². The maximum Gasteiger partial charge on any atom is 0.231 e. The van der Waals surface area contributed by atoms with Gasteiger partial charge >= 0.3 is 0 Å². The second-order valence-electron chi connectivity index (χ2n) is 5.01. The molecule has 0 aromatic heterocycles. The third-order valence-electron chi connectivity index (χ3n) is 3.60. The van der Waals surface area contributed by atoms with Crippen LogP contribution in [0.4, 0.5) is 5.69 Å². The van der Waals surface area contributed by atoms with Gasteiger partial charge in [0.2, 0.25) is 6.79 Å². The molecule has 20 heavy (non-hydrogen) atoms. The van der Waals surface area contributed by atoms with Crippen LogP contribution in [0, 0.1) is 0 Å². The van der Waals surface area contributed by atoms with Crippen LogP contribution < -0.4 is 19.5 Å². The van der Waals surface area contributed by atoms with Crippen molar-refractivity contribution >= 4 is 5.69 Å². The van der Waals surface area contributed by atoms with E-state index in [1.54, 1.807) is 0 Å². The molecule has 0 saturated carbocycles. The van der Waals surface area contributed by atoms with Gasteiger partial charge in [0.25, 0.3) is 0 Å². The molecule has 4 nitrogen and oxygen atoms in total. The van der Waals surface area contributed by atoms with E-state index in [9.17, 15) is 0 Å². The molecule has 0 aliphatic carbocycles. The number of para-hydroxylation sites is 2. The molecule has 0 amide bonds. The Labute approximate surface area is 117 Å². The van der Waals surface area contributed by atoms with Crippen molar-refractivity contribution in [3.8, 4) is 17.2 Å². The molecule has 4 heteroatoms. The normalized spacial score (nSPS) is 18.9. The maximum absolute atomic E-state index is 6.02. The summed E-state index contributed by atoms with van der Waals surface area (Å²) in [7, 11) is 0. The third-order valence-corrected chi connectivity index (χ3v) is 3.60. The molecule has 0 fully saturated rings. The Morgan fingerprint density at radius 2 is 1.90 bits per heavy atom. The van der Waals surface area contributed by atoms with Gasteiger partial charge in [-0.15, -0.1) is 0 Å². The fourth-order valence-electron chi connectivity index (χ4n) is 2.61. The Hall–Kier alpha value is -2.36. The van der Waals surface area contributed by atoms with Crippen LogP contribution in [0.15, 0.2) is 42.5 Å². The van der Waals surface area contributed by atoms with Crippen LogP contribution in [0.25, 0.3) is 0 Å². The highest BCUT2D eigenvalue weighted by molar-refractivity contribution is 5.57. The first-order chi connectivity index (χ1) is 9.88. The first-order valence-electron chi connectivity index (χ1n) is 6.76. The summed E-state index contributed by atoms with van der Waals surface area (Å²) in [6, 6.07) is 14.1. The van der Waals surface area contributed by atoms with Gasteiger partial charge in [-0.25, -0.2) is 0 Å². The van der Waals surface area contributed by atoms with Crippen molar-refractivity contribution in [3.63, 3.8) is 0 Å². The quantitative estimate of drug-likeness (QED) is 0.910. The maximum atomic E-state index is 6.02. The van der Waals surface area contributed by atoms with Crippen molar-refractivity contribution in [2.75, 3.05) is 18.7 Å². The Balaban J connectivity index is 1.50. The number of benzene rings is 2. The molecule has 1 unspecified atom stereocenters. The zero-order valence-corrected chi connectivity index (χ0v) is 11.0. The van der Waals surface area contributed by atoms with Crippen molar-refractivity contribution in [2.45, 2.75) is 12.5 Å². The first-order valence-corrected chi connectivity index (χ1v) is 6.76. The van der Waals surface area contributed by atoms with Gasteiger partial charge in [-0.2, -0.15) is 0 Å². The minimum Gasteiger partial charge on any atom is -0.486 e. The van der Waals surface area contributed by atoms with E-state index in [0.29, 0.717) is 6.79 Å². The van der Waals surface area contributed by atoms with Gasteiger partial charge in [-0.05, 0) is 29.8 Å². The van der Waals surface area contributed by atoms with Crippen LogP contribution in [0.3, 0.4) is 0 Å². The third kappa shape index (κ3) is 2.03. The predicted octanol–water partition coefficient (Wildman–Crippen LogP) is 2.83. The fourth-order valence-corrected chi connectivity index (χ4v) is 2.61. The highest BCUT2D eigenvalue weighted by atomic mass is 16.7. The van der Waals surface area contributed by atoms with Gasteiger partial charge in [0.1, 0.15) is 11.9 Å². The molecule has 1 atom stereocenters. The second-order valence-corrected chi connectivity index (χ2v) is 5.01. The van der Waals surface area contributed by atoms with Crippen molar-refractivity contribution in [1.82, 2.24) is 0 Å². The summed E-state index contributed by atoms with van der Waals surface area (Å²) in [5, 5.41) is 3.40. The Bertz CT molecular complexity index is 641. The largest absolute Gasteiger partial charge is 0.486 e. The van der Waals surface area contributed by atoms with Crippen LogP contribution in [0.2, 0.25) is 0 Å². The molecule has 2 aliphatic rings. The molecule has 2 aliphatic heterocycles. The van der Waals surface area contributed by atoms with E-state index in [4.69, 9.17) is 14.2 Å². The Morgan fingerprint density at radius 3 is 2.90 bits per heavy atom. The molecule has 0 saturated heterocycles. The van der Waals surface area contributed by atoms with Crippen LogP contribution in [-0.2, 0) is 6.42 Å². The number of nitrogens with one attached hydrogen (secondary N) is 1. The molecule has 0 bridgehead atoms. The van der Waals surface area contributed by atoms with Crippen molar-refractivity contribution < 1.29 is 14.2 Å². The van der Waals surface area contributed by atoms with Crippen molar-refractivity contribution in [2.24, 2.45) is 0 Å². The van der Waals surface area contributed by atoms with E-state index >= 15 is 0 Å². The number of anilines is 1. The molecule has 1 N–H and O–H groups in total. The summed E-state index contributed by atoms with van der Waals surface area (Å²) in [6.45, 7) is 1.12. The fraction of sp³-hybridized carbons (Fsp3) is 0.250. The molecule has 2 heterocycles. The number of ether oxygens (including phenoxy) is 3. The summed E-state index contributed by atoms with van der Waals surface area (Å²) < 4.78 is 16.8. The van der Waals surface area contributed by atoms with Crippen LogP contribution in [0.1, 0.15) is 5.56 Å². The molecule has 2 aromatic rings. The molecule has 2 aromatic carbocycles. The SMILES string of the molecule is c1ccc2c(c1)NCC(Cc1ccc3c(c1)OCO3)O2. The first kappa shape index (κ1) is 11.5. The van der Waals surface area contributed by atoms with Crippen LogP contribution in [0.5, 0.6) is 17.2 Å². The molecular weight excluding hydrogens is 254 g/mol. The van der Waals surface area contributed by atoms with Gasteiger partial charge in [0.15, 0.2) is 11.5 Å². The molecule has 0 radical (unpaired) electrons. The van der Waals surface area contributed by atoms with E-state index in [0.717, 1.165) is 35.9 Å². The van der Waals surface area contributed by atoms with E-state index in [1.165, 1.54) is 5.56 Å². The summed E-state index contributed by atoms with van der Waals surface area (Å²) in [4.78, 5) is 0. The number of hydrogen-bond donors (Lipinski definition) is 1. The zero-order chi connectivity index (χ0) is 13.4. The highest BCUT2D eigenvalue weighted by Crippen LogP contribution is 2.34. The van der Waals surface area contributed by atoms with E-state index < -0.39 is 0 Å². The summed E-state index contributed by atoms with van der Waals surface area (Å²) in [6.07, 6.45) is 0.975. The summed E-state index contributed by atoms with van der Waals surface area (Å²) in [5.41, 5.74) is 2.26. The number of rotatable bonds is 2. The van der Waals surface area contributed by atoms with E-state index in [1.807, 2.05) is 36.4 Å². The summed E-state index contributed by atoms with van der Waals surface area (Å²) in [5.74, 6) is 2.57. The zero-order valence-electron chi connectivity index (χ0n) is 11.0. The molecule has 102 valence electrons. The summed E-state index contributed by atoms with van der Waals surface area (Å²) >= 11 is 0. The standard InChI is InChI=1S/C16H15NO3/c1-2-4-14-13(3-1)17-9-12(20-14)7-11-5-6-15-16(8-11)19-10-18-15/h1-6,8,12,17H,7,9-10H2. The number of fused-ring (bicyclic) bond motifs is 2. The highest BCUT2D eigenvalue weighted by Gasteiger charge is 2.20. The lowest BCUT2D eigenvalue weighted by Crippen LogP contribution is -2.32. The average molecular weight is 269 g/mol. The minimum atomic E-state index is 0.130. The van der Waals surface area contributed by atoms with Crippen molar-refractivity contribution in [1.29, 1.82) is 0 Å².